The number of ether oxygens (including phenoxy) is 1. The van der Waals surface area contributed by atoms with Gasteiger partial charge in [0.25, 0.3) is 0 Å². The number of likely N-dealkylation sites (tertiary alicyclic amines) is 1. The Kier molecular flexibility index (Phi) is 4.00. The number of piperidine rings is 1. The highest BCUT2D eigenvalue weighted by molar-refractivity contribution is 4.94. The molecule has 20 heavy (non-hydrogen) atoms. The Morgan fingerprint density at radius 2 is 2.15 bits per heavy atom. The van der Waals surface area contributed by atoms with Gasteiger partial charge in [0.2, 0.25) is 0 Å². The minimum atomic E-state index is 0.206. The van der Waals surface area contributed by atoms with Crippen LogP contribution >= 0.6 is 0 Å². The molecule has 2 aliphatic heterocycles. The number of hydrogen-bond acceptors (Lipinski definition) is 6. The molecule has 1 aromatic rings. The minimum Gasteiger partial charge on any atom is -0.395 e. The maximum atomic E-state index is 9.62. The van der Waals surface area contributed by atoms with E-state index in [2.05, 4.69) is 20.4 Å². The van der Waals surface area contributed by atoms with Gasteiger partial charge in [-0.25, -0.2) is 4.68 Å². The molecule has 0 aliphatic carbocycles. The van der Waals surface area contributed by atoms with Gasteiger partial charge >= 0.3 is 0 Å². The molecule has 112 valence electrons. The van der Waals surface area contributed by atoms with Crippen LogP contribution in [0.25, 0.3) is 0 Å². The second kappa shape index (κ2) is 5.75. The summed E-state index contributed by atoms with van der Waals surface area (Å²) in [4.78, 5) is 2.35. The van der Waals surface area contributed by atoms with E-state index >= 15 is 0 Å². The standard InChI is InChI=1S/C13H23N5O2/c1-17-12(14-15-16-17)8-18-10-13(3-2-11(18)9-19)4-6-20-7-5-13/h11,19H,2-10H2,1H3. The third-order valence-corrected chi connectivity index (χ3v) is 4.88. The van der Waals surface area contributed by atoms with Crippen molar-refractivity contribution in [3.63, 3.8) is 0 Å². The number of nitrogens with zero attached hydrogens (tertiary/aromatic N) is 5. The third kappa shape index (κ3) is 2.70. The van der Waals surface area contributed by atoms with Crippen LogP contribution in [0.3, 0.4) is 0 Å². The Bertz CT molecular complexity index is 444. The van der Waals surface area contributed by atoms with Gasteiger partial charge < -0.3 is 9.84 Å². The fraction of sp³-hybridized carbons (Fsp3) is 0.923. The van der Waals surface area contributed by atoms with Gasteiger partial charge in [0.15, 0.2) is 5.82 Å². The van der Waals surface area contributed by atoms with Gasteiger partial charge in [0.05, 0.1) is 13.2 Å². The summed E-state index contributed by atoms with van der Waals surface area (Å²) in [6.07, 6.45) is 4.48. The minimum absolute atomic E-state index is 0.206. The molecule has 2 fully saturated rings. The van der Waals surface area contributed by atoms with Gasteiger partial charge in [-0.1, -0.05) is 0 Å². The van der Waals surface area contributed by atoms with Crippen LogP contribution in [0, 0.1) is 5.41 Å². The van der Waals surface area contributed by atoms with E-state index < -0.39 is 0 Å². The highest BCUT2D eigenvalue weighted by Crippen LogP contribution is 2.41. The Morgan fingerprint density at radius 1 is 1.35 bits per heavy atom. The molecule has 1 atom stereocenters. The van der Waals surface area contributed by atoms with Gasteiger partial charge in [-0.15, -0.1) is 5.10 Å². The summed E-state index contributed by atoms with van der Waals surface area (Å²) in [5.74, 6) is 0.854. The molecule has 0 radical (unpaired) electrons. The molecule has 3 heterocycles. The molecular weight excluding hydrogens is 258 g/mol. The fourth-order valence-corrected chi connectivity index (χ4v) is 3.46. The van der Waals surface area contributed by atoms with Gasteiger partial charge in [-0.2, -0.15) is 0 Å². The Hall–Kier alpha value is -1.05. The predicted molar refractivity (Wildman–Crippen MR) is 71.8 cm³/mol. The molecule has 1 unspecified atom stereocenters. The Morgan fingerprint density at radius 3 is 2.80 bits per heavy atom. The smallest absolute Gasteiger partial charge is 0.164 e. The largest absolute Gasteiger partial charge is 0.395 e. The van der Waals surface area contributed by atoms with Crippen molar-refractivity contribution >= 4 is 0 Å². The lowest BCUT2D eigenvalue weighted by Crippen LogP contribution is -2.51. The molecule has 0 amide bonds. The maximum Gasteiger partial charge on any atom is 0.164 e. The first-order valence-electron chi connectivity index (χ1n) is 7.36. The van der Waals surface area contributed by atoms with Crippen LogP contribution in [0.15, 0.2) is 0 Å². The summed E-state index contributed by atoms with van der Waals surface area (Å²) in [7, 11) is 1.86. The van der Waals surface area contributed by atoms with Crippen LogP contribution in [0.4, 0.5) is 0 Å². The van der Waals surface area contributed by atoms with E-state index in [0.29, 0.717) is 12.0 Å². The van der Waals surface area contributed by atoms with E-state index in [0.717, 1.165) is 44.8 Å². The first-order valence-corrected chi connectivity index (χ1v) is 7.36. The average molecular weight is 281 g/mol. The first-order chi connectivity index (χ1) is 9.72. The van der Waals surface area contributed by atoms with Gasteiger partial charge in [-0.05, 0) is 41.5 Å². The van der Waals surface area contributed by atoms with Gasteiger partial charge in [0.1, 0.15) is 0 Å². The molecule has 3 rings (SSSR count). The zero-order valence-corrected chi connectivity index (χ0v) is 12.0. The zero-order valence-electron chi connectivity index (χ0n) is 12.0. The van der Waals surface area contributed by atoms with Crippen LogP contribution in [-0.2, 0) is 18.3 Å². The van der Waals surface area contributed by atoms with Gasteiger partial charge in [-0.3, -0.25) is 4.90 Å². The molecule has 0 aromatic carbocycles. The maximum absolute atomic E-state index is 9.62. The van der Waals surface area contributed by atoms with Crippen molar-refractivity contribution in [1.82, 2.24) is 25.1 Å². The summed E-state index contributed by atoms with van der Waals surface area (Å²) in [5, 5.41) is 21.3. The highest BCUT2D eigenvalue weighted by Gasteiger charge is 2.40. The number of tetrazole rings is 1. The Labute approximate surface area is 118 Å². The first kappa shape index (κ1) is 13.9. The quantitative estimate of drug-likeness (QED) is 0.838. The van der Waals surface area contributed by atoms with E-state index in [4.69, 9.17) is 4.74 Å². The Balaban J connectivity index is 1.73. The molecular formula is C13H23N5O2. The molecule has 7 nitrogen and oxygen atoms in total. The number of aliphatic hydroxyl groups excluding tert-OH is 1. The molecule has 2 saturated heterocycles. The molecule has 1 aromatic heterocycles. The molecule has 0 saturated carbocycles. The van der Waals surface area contributed by atoms with Crippen molar-refractivity contribution in [2.45, 2.75) is 38.3 Å². The zero-order chi connectivity index (χ0) is 14.0. The lowest BCUT2D eigenvalue weighted by molar-refractivity contribution is -0.0559. The molecule has 1 N–H and O–H groups in total. The lowest BCUT2D eigenvalue weighted by Gasteiger charge is -2.48. The summed E-state index contributed by atoms with van der Waals surface area (Å²) in [5.41, 5.74) is 0.357. The SMILES string of the molecule is Cn1nnnc1CN1CC2(CCOCC2)CCC1CO. The number of aliphatic hydroxyl groups is 1. The van der Waals surface area contributed by atoms with Crippen LogP contribution in [0.5, 0.6) is 0 Å². The second-order valence-corrected chi connectivity index (χ2v) is 6.11. The van der Waals surface area contributed by atoms with E-state index in [1.54, 1.807) is 4.68 Å². The monoisotopic (exact) mass is 281 g/mol. The highest BCUT2D eigenvalue weighted by atomic mass is 16.5. The number of hydrogen-bond donors (Lipinski definition) is 1. The van der Waals surface area contributed by atoms with Crippen molar-refractivity contribution in [1.29, 1.82) is 0 Å². The molecule has 1 spiro atoms. The normalized spacial score (nSPS) is 27.0. The van der Waals surface area contributed by atoms with Crippen LogP contribution in [-0.4, -0.2) is 62.6 Å². The average Bonchev–Trinajstić information content (AvgIpc) is 2.86. The molecule has 2 aliphatic rings. The molecule has 7 heteroatoms. The van der Waals surface area contributed by atoms with Crippen molar-refractivity contribution in [3.8, 4) is 0 Å². The topological polar surface area (TPSA) is 76.3 Å². The predicted octanol–water partition coefficient (Wildman–Crippen LogP) is -0.0364. The number of aromatic nitrogens is 4. The van der Waals surface area contributed by atoms with Crippen molar-refractivity contribution in [2.24, 2.45) is 12.5 Å². The lowest BCUT2D eigenvalue weighted by atomic mass is 9.72. The van der Waals surface area contributed by atoms with E-state index in [-0.39, 0.29) is 12.6 Å². The summed E-state index contributed by atoms with van der Waals surface area (Å²) in [6.45, 7) is 3.65. The fourth-order valence-electron chi connectivity index (χ4n) is 3.46. The van der Waals surface area contributed by atoms with Crippen LogP contribution in [0.2, 0.25) is 0 Å². The van der Waals surface area contributed by atoms with Crippen molar-refractivity contribution < 1.29 is 9.84 Å². The second-order valence-electron chi connectivity index (χ2n) is 6.11. The van der Waals surface area contributed by atoms with E-state index in [1.807, 2.05) is 7.05 Å². The van der Waals surface area contributed by atoms with E-state index in [1.165, 1.54) is 6.42 Å². The van der Waals surface area contributed by atoms with Crippen LogP contribution < -0.4 is 0 Å². The van der Waals surface area contributed by atoms with Crippen LogP contribution in [0.1, 0.15) is 31.5 Å². The third-order valence-electron chi connectivity index (χ3n) is 4.88. The summed E-state index contributed by atoms with van der Waals surface area (Å²) >= 11 is 0. The summed E-state index contributed by atoms with van der Waals surface area (Å²) < 4.78 is 7.21. The van der Waals surface area contributed by atoms with E-state index in [9.17, 15) is 5.11 Å². The van der Waals surface area contributed by atoms with Crippen molar-refractivity contribution in [3.05, 3.63) is 5.82 Å². The molecule has 0 bridgehead atoms. The van der Waals surface area contributed by atoms with Gasteiger partial charge in [0, 0.05) is 32.8 Å². The number of aryl methyl sites for hydroxylation is 1. The summed E-state index contributed by atoms with van der Waals surface area (Å²) in [6, 6.07) is 0.222. The van der Waals surface area contributed by atoms with Crippen molar-refractivity contribution in [2.75, 3.05) is 26.4 Å². The number of rotatable bonds is 3.